The number of hydrogen-bond acceptors (Lipinski definition) is 4. The average molecular weight is 469 g/mol. The Morgan fingerprint density at radius 3 is 2.74 bits per heavy atom. The second-order valence-corrected chi connectivity index (χ2v) is 9.85. The molecular weight excluding hydrogens is 443 g/mol. The third-order valence-electron chi connectivity index (χ3n) is 5.30. The van der Waals surface area contributed by atoms with Crippen molar-refractivity contribution in [3.8, 4) is 5.75 Å². The maximum absolute atomic E-state index is 13.9. The Morgan fingerprint density at radius 2 is 2.03 bits per heavy atom. The van der Waals surface area contributed by atoms with E-state index in [9.17, 15) is 17.6 Å². The monoisotopic (exact) mass is 468 g/mol. The maximum Gasteiger partial charge on any atom is 0.246 e. The van der Waals surface area contributed by atoms with Crippen molar-refractivity contribution in [3.05, 3.63) is 58.9 Å². The first kappa shape index (κ1) is 23.5. The quantitative estimate of drug-likeness (QED) is 0.617. The fourth-order valence-electron chi connectivity index (χ4n) is 3.73. The normalized spacial score (nSPS) is 17.4. The van der Waals surface area contributed by atoms with Crippen LogP contribution >= 0.6 is 11.6 Å². The topological polar surface area (TPSA) is 66.9 Å². The second kappa shape index (κ2) is 9.97. The van der Waals surface area contributed by atoms with Crippen LogP contribution in [0.1, 0.15) is 25.3 Å². The van der Waals surface area contributed by atoms with E-state index in [1.165, 1.54) is 27.4 Å². The van der Waals surface area contributed by atoms with E-state index in [1.54, 1.807) is 38.2 Å². The Hall–Kier alpha value is -2.16. The Bertz CT molecular complexity index is 1050. The predicted molar refractivity (Wildman–Crippen MR) is 117 cm³/mol. The fraction of sp³-hybridized carbons (Fsp3) is 0.409. The number of nitrogens with zero attached hydrogens (tertiary/aromatic N) is 2. The molecule has 2 aromatic rings. The van der Waals surface area contributed by atoms with E-state index < -0.39 is 15.9 Å². The highest BCUT2D eigenvalue weighted by Gasteiger charge is 2.36. The van der Waals surface area contributed by atoms with Crippen molar-refractivity contribution in [2.75, 3.05) is 26.7 Å². The molecule has 9 heteroatoms. The molecule has 1 fully saturated rings. The lowest BCUT2D eigenvalue weighted by Crippen LogP contribution is -2.45. The molecule has 2 aromatic carbocycles. The third kappa shape index (κ3) is 5.37. The predicted octanol–water partition coefficient (Wildman–Crippen LogP) is 3.94. The van der Waals surface area contributed by atoms with Gasteiger partial charge in [-0.05, 0) is 44.0 Å². The summed E-state index contributed by atoms with van der Waals surface area (Å²) >= 11 is 6.04. The first-order chi connectivity index (χ1) is 14.7. The van der Waals surface area contributed by atoms with Gasteiger partial charge in [-0.1, -0.05) is 29.8 Å². The van der Waals surface area contributed by atoms with Gasteiger partial charge in [-0.3, -0.25) is 4.79 Å². The Morgan fingerprint density at radius 1 is 1.29 bits per heavy atom. The molecule has 0 N–H and O–H groups in total. The molecule has 0 aromatic heterocycles. The Kier molecular flexibility index (Phi) is 7.56. The zero-order valence-electron chi connectivity index (χ0n) is 17.6. The number of rotatable bonds is 7. The molecule has 0 bridgehead atoms. The summed E-state index contributed by atoms with van der Waals surface area (Å²) in [5, 5.41) is 0.288. The summed E-state index contributed by atoms with van der Waals surface area (Å²) in [6.07, 6.45) is 1.12. The van der Waals surface area contributed by atoms with Crippen LogP contribution in [0.5, 0.6) is 5.75 Å². The van der Waals surface area contributed by atoms with Gasteiger partial charge in [0.25, 0.3) is 0 Å². The lowest BCUT2D eigenvalue weighted by atomic mass is 9.98. The van der Waals surface area contributed by atoms with Gasteiger partial charge in [0.2, 0.25) is 15.9 Å². The molecule has 31 heavy (non-hydrogen) atoms. The molecule has 3 rings (SSSR count). The van der Waals surface area contributed by atoms with Crippen LogP contribution in [0.25, 0.3) is 0 Å². The van der Waals surface area contributed by atoms with Crippen LogP contribution in [-0.4, -0.2) is 50.3 Å². The summed E-state index contributed by atoms with van der Waals surface area (Å²) in [5.41, 5.74) is 0.416. The second-order valence-electron chi connectivity index (χ2n) is 7.51. The summed E-state index contributed by atoms with van der Waals surface area (Å²) in [5.74, 6) is -0.856. The zero-order chi connectivity index (χ0) is 22.6. The van der Waals surface area contributed by atoms with Crippen molar-refractivity contribution < 1.29 is 22.3 Å². The first-order valence-corrected chi connectivity index (χ1v) is 12.0. The molecular formula is C22H26ClFN2O4S. The molecule has 0 aliphatic carbocycles. The number of halogens is 2. The van der Waals surface area contributed by atoms with E-state index in [0.29, 0.717) is 31.6 Å². The van der Waals surface area contributed by atoms with E-state index in [2.05, 4.69) is 0 Å². The van der Waals surface area contributed by atoms with E-state index in [-0.39, 0.29) is 40.5 Å². The highest BCUT2D eigenvalue weighted by Crippen LogP contribution is 2.32. The van der Waals surface area contributed by atoms with Gasteiger partial charge in [0.1, 0.15) is 16.5 Å². The lowest BCUT2D eigenvalue weighted by molar-refractivity contribution is -0.135. The number of amides is 1. The van der Waals surface area contributed by atoms with E-state index in [0.717, 1.165) is 0 Å². The molecule has 1 atom stereocenters. The summed E-state index contributed by atoms with van der Waals surface area (Å²) < 4.78 is 47.4. The lowest BCUT2D eigenvalue weighted by Gasteiger charge is -2.33. The molecule has 0 radical (unpaired) electrons. The maximum atomic E-state index is 13.9. The van der Waals surface area contributed by atoms with Crippen LogP contribution in [0.2, 0.25) is 5.02 Å². The standard InChI is InChI=1S/C22H26ClFN2O4S/c1-3-30-20-11-10-18(23)13-21(20)31(28,29)26-12-6-8-17(15-26)22(27)25(2)14-16-7-4-5-9-19(16)24/h4-5,7,9-11,13,17H,3,6,8,12,14-15H2,1-2H3. The minimum absolute atomic E-state index is 0.00494. The van der Waals surface area contributed by atoms with Crippen molar-refractivity contribution in [2.24, 2.45) is 5.92 Å². The molecule has 1 unspecified atom stereocenters. The van der Waals surface area contributed by atoms with Gasteiger partial charge < -0.3 is 9.64 Å². The molecule has 6 nitrogen and oxygen atoms in total. The first-order valence-electron chi connectivity index (χ1n) is 10.1. The SMILES string of the molecule is CCOc1ccc(Cl)cc1S(=O)(=O)N1CCCC(C(=O)N(C)Cc2ccccc2F)C1. The summed E-state index contributed by atoms with van der Waals surface area (Å²) in [7, 11) is -2.30. The highest BCUT2D eigenvalue weighted by molar-refractivity contribution is 7.89. The molecule has 0 saturated carbocycles. The molecule has 1 heterocycles. The average Bonchev–Trinajstić information content (AvgIpc) is 2.76. The largest absolute Gasteiger partial charge is 0.492 e. The molecule has 0 spiro atoms. The van der Waals surface area contributed by atoms with Crippen LogP contribution in [0.15, 0.2) is 47.4 Å². The molecule has 1 saturated heterocycles. The number of carbonyl (C=O) groups is 1. The third-order valence-corrected chi connectivity index (χ3v) is 7.42. The molecule has 1 amide bonds. The number of ether oxygens (including phenoxy) is 1. The number of piperidine rings is 1. The number of hydrogen-bond donors (Lipinski definition) is 0. The van der Waals surface area contributed by atoms with Gasteiger partial charge in [0, 0.05) is 37.3 Å². The van der Waals surface area contributed by atoms with E-state index in [4.69, 9.17) is 16.3 Å². The minimum Gasteiger partial charge on any atom is -0.492 e. The Labute approximate surface area is 187 Å². The summed E-state index contributed by atoms with van der Waals surface area (Å²) in [6, 6.07) is 10.8. The summed E-state index contributed by atoms with van der Waals surface area (Å²) in [6.45, 7) is 2.57. The number of carbonyl (C=O) groups excluding carboxylic acids is 1. The van der Waals surface area contributed by atoms with Crippen molar-refractivity contribution in [2.45, 2.75) is 31.2 Å². The van der Waals surface area contributed by atoms with Crippen LogP contribution < -0.4 is 4.74 Å². The Balaban J connectivity index is 1.77. The van der Waals surface area contributed by atoms with Gasteiger partial charge in [0.15, 0.2) is 0 Å². The van der Waals surface area contributed by atoms with Gasteiger partial charge in [-0.25, -0.2) is 12.8 Å². The van der Waals surface area contributed by atoms with Crippen molar-refractivity contribution in [1.82, 2.24) is 9.21 Å². The van der Waals surface area contributed by atoms with Crippen LogP contribution in [0.3, 0.4) is 0 Å². The van der Waals surface area contributed by atoms with Crippen LogP contribution in [-0.2, 0) is 21.4 Å². The zero-order valence-corrected chi connectivity index (χ0v) is 19.1. The van der Waals surface area contributed by atoms with E-state index in [1.807, 2.05) is 0 Å². The number of sulfonamides is 1. The summed E-state index contributed by atoms with van der Waals surface area (Å²) in [4.78, 5) is 14.4. The molecule has 1 aliphatic heterocycles. The minimum atomic E-state index is -3.90. The smallest absolute Gasteiger partial charge is 0.246 e. The van der Waals surface area contributed by atoms with Gasteiger partial charge in [-0.15, -0.1) is 0 Å². The van der Waals surface area contributed by atoms with Gasteiger partial charge in [-0.2, -0.15) is 4.31 Å². The van der Waals surface area contributed by atoms with Crippen molar-refractivity contribution >= 4 is 27.5 Å². The molecule has 1 aliphatic rings. The van der Waals surface area contributed by atoms with E-state index >= 15 is 0 Å². The molecule has 168 valence electrons. The van der Waals surface area contributed by atoms with Crippen LogP contribution in [0.4, 0.5) is 4.39 Å². The number of benzene rings is 2. The van der Waals surface area contributed by atoms with Crippen molar-refractivity contribution in [3.63, 3.8) is 0 Å². The van der Waals surface area contributed by atoms with Gasteiger partial charge in [0.05, 0.1) is 12.5 Å². The van der Waals surface area contributed by atoms with Crippen molar-refractivity contribution in [1.29, 1.82) is 0 Å². The van der Waals surface area contributed by atoms with Crippen LogP contribution in [0, 0.1) is 11.7 Å². The highest BCUT2D eigenvalue weighted by atomic mass is 35.5. The van der Waals surface area contributed by atoms with Gasteiger partial charge >= 0.3 is 0 Å². The fourth-order valence-corrected chi connectivity index (χ4v) is 5.65.